The van der Waals surface area contributed by atoms with Crippen molar-refractivity contribution in [1.82, 2.24) is 35.3 Å². The minimum atomic E-state index is -5.31. The van der Waals surface area contributed by atoms with Gasteiger partial charge < -0.3 is 69.7 Å². The van der Waals surface area contributed by atoms with Crippen molar-refractivity contribution in [3.05, 3.63) is 108 Å². The highest BCUT2D eigenvalue weighted by molar-refractivity contribution is 7.87. The van der Waals surface area contributed by atoms with Crippen molar-refractivity contribution in [3.63, 3.8) is 0 Å². The highest BCUT2D eigenvalue weighted by Crippen LogP contribution is 2.43. The van der Waals surface area contributed by atoms with E-state index < -0.39 is 189 Å². The fourth-order valence-corrected chi connectivity index (χ4v) is 14.7. The molecule has 2 aromatic heterocycles. The summed E-state index contributed by atoms with van der Waals surface area (Å²) < 4.78 is 158. The summed E-state index contributed by atoms with van der Waals surface area (Å²) in [6, 6.07) is 14.3. The van der Waals surface area contributed by atoms with E-state index in [-0.39, 0.29) is 75.2 Å². The number of aliphatic carboxylic acids is 1. The third kappa shape index (κ3) is 18.2. The number of benzene rings is 4. The van der Waals surface area contributed by atoms with Crippen molar-refractivity contribution in [2.45, 2.75) is 191 Å². The number of fused-ring (bicyclic) bond motifs is 1. The number of hydrogen-bond donors (Lipinski definition) is 11. The van der Waals surface area contributed by atoms with E-state index in [0.29, 0.717) is 48.4 Å². The van der Waals surface area contributed by atoms with Gasteiger partial charge in [0, 0.05) is 42.6 Å². The van der Waals surface area contributed by atoms with Gasteiger partial charge in [0.25, 0.3) is 30.4 Å². The molecule has 14 unspecified atom stereocenters. The van der Waals surface area contributed by atoms with Gasteiger partial charge in [-0.05, 0) is 105 Å². The zero-order valence-electron chi connectivity index (χ0n) is 52.8. The first-order valence-electron chi connectivity index (χ1n) is 31.7. The molecule has 538 valence electrons. The lowest BCUT2D eigenvalue weighted by atomic mass is 9.80. The van der Waals surface area contributed by atoms with Crippen molar-refractivity contribution >= 4 is 70.6 Å². The predicted octanol–water partition coefficient (Wildman–Crippen LogP) is 2.40. The average Bonchev–Trinajstić information content (AvgIpc) is 0.930. The molecule has 2 aliphatic carbocycles. The molecular formula is C62H75FN8O25S3. The Morgan fingerprint density at radius 3 is 2.14 bits per heavy atom. The Morgan fingerprint density at radius 2 is 1.46 bits per heavy atom. The second-order valence-electron chi connectivity index (χ2n) is 24.8. The van der Waals surface area contributed by atoms with Gasteiger partial charge in [0.05, 0.1) is 57.8 Å². The van der Waals surface area contributed by atoms with Gasteiger partial charge in [-0.2, -0.15) is 25.3 Å². The maximum absolute atomic E-state index is 14.8. The molecule has 2 saturated carbocycles. The summed E-state index contributed by atoms with van der Waals surface area (Å²) in [5.41, 5.74) is 0.329. The number of nitrogens with one attached hydrogen (secondary N) is 2. The second-order valence-corrected chi connectivity index (χ2v) is 29.1. The summed E-state index contributed by atoms with van der Waals surface area (Å²) in [5, 5.41) is 87.8. The number of carboxylic acids is 1. The molecule has 6 aromatic rings. The topological polar surface area (TPSA) is 494 Å². The number of ether oxygens (including phenoxy) is 6. The maximum atomic E-state index is 14.8. The number of nitrogens with zero attached hydrogens (tertiary/aromatic N) is 6. The molecule has 0 bridgehead atoms. The van der Waals surface area contributed by atoms with Crippen molar-refractivity contribution in [2.75, 3.05) is 18.5 Å². The van der Waals surface area contributed by atoms with Crippen molar-refractivity contribution in [1.29, 1.82) is 0 Å². The lowest BCUT2D eigenvalue weighted by molar-refractivity contribution is -0.348. The molecule has 99 heavy (non-hydrogen) atoms. The van der Waals surface area contributed by atoms with Crippen LogP contribution in [0.15, 0.2) is 106 Å². The molecule has 33 nitrogen and oxygen atoms in total. The molecule has 2 saturated heterocycles. The monoisotopic (exact) mass is 1450 g/mol. The molecule has 4 fully saturated rings. The van der Waals surface area contributed by atoms with Gasteiger partial charge in [0.15, 0.2) is 24.8 Å². The van der Waals surface area contributed by atoms with Gasteiger partial charge in [0.2, 0.25) is 11.8 Å². The van der Waals surface area contributed by atoms with Crippen LogP contribution < -0.4 is 10.6 Å². The van der Waals surface area contributed by atoms with E-state index >= 15 is 0 Å². The minimum absolute atomic E-state index is 0.0135. The number of amides is 2. The number of halogens is 1. The number of aryl methyl sites for hydroxylation is 2. The Labute approximate surface area is 565 Å². The molecule has 10 rings (SSSR count). The van der Waals surface area contributed by atoms with Gasteiger partial charge in [-0.1, -0.05) is 72.9 Å². The molecule has 15 atom stereocenters. The van der Waals surface area contributed by atoms with E-state index in [1.807, 2.05) is 0 Å². The van der Waals surface area contributed by atoms with E-state index in [0.717, 1.165) is 19.3 Å². The van der Waals surface area contributed by atoms with E-state index in [2.05, 4.69) is 31.3 Å². The molecule has 4 aromatic carbocycles. The van der Waals surface area contributed by atoms with Crippen LogP contribution in [0.1, 0.15) is 99.6 Å². The van der Waals surface area contributed by atoms with Crippen molar-refractivity contribution in [3.8, 4) is 11.3 Å². The van der Waals surface area contributed by atoms with Crippen LogP contribution >= 0.6 is 0 Å². The van der Waals surface area contributed by atoms with Crippen molar-refractivity contribution in [2.24, 2.45) is 11.8 Å². The van der Waals surface area contributed by atoms with E-state index in [4.69, 9.17) is 28.4 Å². The highest BCUT2D eigenvalue weighted by Gasteiger charge is 2.55. The van der Waals surface area contributed by atoms with Crippen LogP contribution in [0.25, 0.3) is 22.0 Å². The first-order valence-corrected chi connectivity index (χ1v) is 36.0. The minimum Gasteiger partial charge on any atom is -0.479 e. The molecular weight excluding hydrogens is 1370 g/mol. The van der Waals surface area contributed by atoms with E-state index in [1.54, 1.807) is 30.5 Å². The van der Waals surface area contributed by atoms with Gasteiger partial charge in [-0.25, -0.2) is 18.7 Å². The second kappa shape index (κ2) is 31.6. The molecule has 2 amide bonds. The highest BCUT2D eigenvalue weighted by atomic mass is 32.2. The van der Waals surface area contributed by atoms with Crippen LogP contribution in [-0.2, 0) is 86.1 Å². The molecule has 0 radical (unpaired) electrons. The fraction of sp³-hybridized carbons (Fsp3) is 0.516. The van der Waals surface area contributed by atoms with Gasteiger partial charge in [-0.15, -0.1) is 10.2 Å². The lowest BCUT2D eigenvalue weighted by Crippen LogP contribution is -2.64. The number of anilines is 1. The summed E-state index contributed by atoms with van der Waals surface area (Å²) in [4.78, 5) is 52.3. The molecule has 11 N–H and O–H groups in total. The van der Waals surface area contributed by atoms with Gasteiger partial charge in [0.1, 0.15) is 59.1 Å². The molecule has 4 heterocycles. The number of aromatic nitrogens is 6. The fourth-order valence-electron chi connectivity index (χ4n) is 12.8. The van der Waals surface area contributed by atoms with E-state index in [9.17, 15) is 93.1 Å². The third-order valence-electron chi connectivity index (χ3n) is 17.9. The Balaban J connectivity index is 0.889. The zero-order chi connectivity index (χ0) is 71.3. The summed E-state index contributed by atoms with van der Waals surface area (Å²) in [5.74, 6) is -5.54. The summed E-state index contributed by atoms with van der Waals surface area (Å²) >= 11 is 0. The number of carbonyl (C=O) groups is 4. The number of carbonyl (C=O) groups excluding carboxylic acids is 3. The SMILES string of the molecule is CC1OC(OC2C(OC3OC(CO)C(O)C(O[C@@H](CC4CCCCC4)C(=O)O)C3OC(=O)c3ccccc3)CC(C(=O)NCCCc3cn(CCCC(=O)Nc4cc(S(=O)(=O)O)cc5cc(S(=O)(=O)O)cc(S(=O)(=O)O)c45)nn3)CC2n2cc(-c3cccc(F)c3)nn2)C(O)C(O)C1O. The summed E-state index contributed by atoms with van der Waals surface area (Å²) in [7, 11) is -15.5. The molecule has 37 heteroatoms. The first-order chi connectivity index (χ1) is 46.9. The molecule has 4 aliphatic rings. The van der Waals surface area contributed by atoms with Crippen LogP contribution in [0.2, 0.25) is 0 Å². The zero-order valence-corrected chi connectivity index (χ0v) is 55.3. The predicted molar refractivity (Wildman–Crippen MR) is 337 cm³/mol. The normalized spacial score (nSPS) is 26.7. The summed E-state index contributed by atoms with van der Waals surface area (Å²) in [6.07, 6.45) is -14.9. The Bertz CT molecular complexity index is 4220. The molecule has 2 aliphatic heterocycles. The standard InChI is InChI=1S/C62H75FN8O25S3/c1-32-51(74)53(76)54(77)61(91-32)96-55-44(71-30-43(67-69-71)35-15-8-16-38(63)22-35)25-37(26-45(55)93-62-57(95-60(81)34-13-6-3-7-14-34)56(52(75)47(31-72)94-62)92-46(59(79)80)21-33-11-4-2-5-12-33)58(78)64-19-9-17-39-29-70(68-66-39)20-10-18-49(73)65-42-27-40(97(82,83)84)23-36-24-41(98(85,86)87)28-48(50(36)42)99(88,89)90/h3,6-8,13-16,22-24,27-30,32-33,37,44-47,51-57,61-62,72,74-77H,2,4-5,9-12,17-21,25-26,31H2,1H3,(H,64,78)(H,65,73)(H,79,80)(H,82,83,84)(H,85,86,87)(H,88,89,90)/t32?,37?,44?,45?,46-,47?,51?,52?,53?,54?,55?,56?,57?,61?,62?/m0/s1. The van der Waals surface area contributed by atoms with Crippen LogP contribution in [-0.4, -0.2) is 216 Å². The van der Waals surface area contributed by atoms with Gasteiger partial charge >= 0.3 is 11.9 Å². The Hall–Kier alpha value is -7.44. The molecule has 0 spiro atoms. The number of aliphatic hydroxyl groups excluding tert-OH is 5. The smallest absolute Gasteiger partial charge is 0.338 e. The van der Waals surface area contributed by atoms with Crippen LogP contribution in [0, 0.1) is 17.7 Å². The number of esters is 1. The van der Waals surface area contributed by atoms with E-state index in [1.165, 1.54) is 52.8 Å². The number of hydrogen-bond acceptors (Lipinski definition) is 25. The quantitative estimate of drug-likeness (QED) is 0.0200. The third-order valence-corrected chi connectivity index (χ3v) is 20.4. The Kier molecular flexibility index (Phi) is 23.7. The largest absolute Gasteiger partial charge is 0.479 e. The van der Waals surface area contributed by atoms with Crippen molar-refractivity contribution < 1.29 is 122 Å². The van der Waals surface area contributed by atoms with Crippen LogP contribution in [0.5, 0.6) is 0 Å². The Morgan fingerprint density at radius 1 is 0.747 bits per heavy atom. The first kappa shape index (κ1) is 74.3. The summed E-state index contributed by atoms with van der Waals surface area (Å²) in [6.45, 7) is 0.576. The number of aliphatic hydroxyl groups is 5. The maximum Gasteiger partial charge on any atom is 0.338 e. The average molecular weight is 1450 g/mol. The van der Waals surface area contributed by atoms with Crippen LogP contribution in [0.4, 0.5) is 10.1 Å². The van der Waals surface area contributed by atoms with Crippen LogP contribution in [0.3, 0.4) is 0 Å². The van der Waals surface area contributed by atoms with Gasteiger partial charge in [-0.3, -0.25) is 27.9 Å². The number of rotatable bonds is 27. The number of carboxylic acid groups (broad SMARTS) is 1. The lowest BCUT2D eigenvalue weighted by Gasteiger charge is -2.48.